The molecule has 0 aromatic carbocycles. The fraction of sp³-hybridized carbons (Fsp3) is 0.250. The Morgan fingerprint density at radius 1 is 1.53 bits per heavy atom. The zero-order chi connectivity index (χ0) is 13.2. The monoisotopic (exact) mass is 250 g/mol. The average Bonchev–Trinajstić information content (AvgIpc) is 2.15. The van der Waals surface area contributed by atoms with E-state index in [2.05, 4.69) is 4.98 Å². The molecule has 0 amide bonds. The Balaban J connectivity index is 3.27. The van der Waals surface area contributed by atoms with E-state index in [9.17, 15) is 28.1 Å². The van der Waals surface area contributed by atoms with Gasteiger partial charge in [-0.3, -0.25) is 19.9 Å². The lowest BCUT2D eigenvalue weighted by Gasteiger charge is -2.06. The molecular weight excluding hydrogens is 245 g/mol. The SMILES string of the molecule is O=C(O)Cc1ncc(C(F)(F)F)cc1[N+](=O)[O-]. The van der Waals surface area contributed by atoms with Crippen LogP contribution in [0.25, 0.3) is 0 Å². The normalized spacial score (nSPS) is 11.2. The Kier molecular flexibility index (Phi) is 3.30. The highest BCUT2D eigenvalue weighted by Gasteiger charge is 2.34. The molecule has 0 saturated heterocycles. The third-order valence-electron chi connectivity index (χ3n) is 1.79. The van der Waals surface area contributed by atoms with Crippen molar-refractivity contribution in [3.05, 3.63) is 33.6 Å². The summed E-state index contributed by atoms with van der Waals surface area (Å²) in [6, 6.07) is 0.269. The van der Waals surface area contributed by atoms with Crippen molar-refractivity contribution in [2.45, 2.75) is 12.6 Å². The Morgan fingerprint density at radius 3 is 2.53 bits per heavy atom. The van der Waals surface area contributed by atoms with Crippen molar-refractivity contribution in [1.82, 2.24) is 4.98 Å². The number of nitrogens with zero attached hydrogens (tertiary/aromatic N) is 2. The van der Waals surface area contributed by atoms with Gasteiger partial charge in [-0.15, -0.1) is 0 Å². The molecule has 0 bridgehead atoms. The lowest BCUT2D eigenvalue weighted by Crippen LogP contribution is -2.11. The van der Waals surface area contributed by atoms with Crippen molar-refractivity contribution in [2.24, 2.45) is 0 Å². The third-order valence-corrected chi connectivity index (χ3v) is 1.79. The van der Waals surface area contributed by atoms with Gasteiger partial charge in [-0.2, -0.15) is 13.2 Å². The van der Waals surface area contributed by atoms with E-state index in [0.29, 0.717) is 6.20 Å². The summed E-state index contributed by atoms with van der Waals surface area (Å²) in [6.45, 7) is 0. The second-order valence-corrected chi connectivity index (χ2v) is 3.02. The molecule has 17 heavy (non-hydrogen) atoms. The summed E-state index contributed by atoms with van der Waals surface area (Å²) in [4.78, 5) is 22.9. The Hall–Kier alpha value is -2.19. The van der Waals surface area contributed by atoms with E-state index in [4.69, 9.17) is 5.11 Å². The molecule has 6 nitrogen and oxygen atoms in total. The smallest absolute Gasteiger partial charge is 0.418 e. The van der Waals surface area contributed by atoms with Gasteiger partial charge in [0.05, 0.1) is 16.9 Å². The predicted molar refractivity (Wildman–Crippen MR) is 47.2 cm³/mol. The van der Waals surface area contributed by atoms with Crippen LogP contribution in [0.1, 0.15) is 11.3 Å². The molecular formula is C8H5F3N2O4. The van der Waals surface area contributed by atoms with Gasteiger partial charge in [0.1, 0.15) is 5.69 Å². The molecule has 0 aliphatic carbocycles. The van der Waals surface area contributed by atoms with Gasteiger partial charge in [-0.25, -0.2) is 0 Å². The molecule has 0 fully saturated rings. The molecule has 0 radical (unpaired) electrons. The van der Waals surface area contributed by atoms with Crippen LogP contribution in [0.5, 0.6) is 0 Å². The van der Waals surface area contributed by atoms with Crippen LogP contribution in [-0.4, -0.2) is 21.0 Å². The highest BCUT2D eigenvalue weighted by Crippen LogP contribution is 2.31. The standard InChI is InChI=1S/C8H5F3N2O4/c9-8(10,11)4-1-6(13(16)17)5(12-3-4)2-7(14)15/h1,3H,2H2,(H,14,15). The van der Waals surface area contributed by atoms with E-state index in [1.165, 1.54) is 0 Å². The number of aromatic nitrogens is 1. The van der Waals surface area contributed by atoms with Crippen LogP contribution in [0.2, 0.25) is 0 Å². The van der Waals surface area contributed by atoms with Gasteiger partial charge in [-0.1, -0.05) is 0 Å². The first-order valence-electron chi connectivity index (χ1n) is 4.14. The van der Waals surface area contributed by atoms with Gasteiger partial charge in [0.15, 0.2) is 0 Å². The fourth-order valence-electron chi connectivity index (χ4n) is 1.07. The first-order chi connectivity index (χ1) is 7.71. The Labute approximate surface area is 91.9 Å². The molecule has 92 valence electrons. The van der Waals surface area contributed by atoms with Crippen LogP contribution >= 0.6 is 0 Å². The van der Waals surface area contributed by atoms with Crippen LogP contribution in [0.3, 0.4) is 0 Å². The lowest BCUT2D eigenvalue weighted by molar-refractivity contribution is -0.386. The molecule has 1 heterocycles. The zero-order valence-corrected chi connectivity index (χ0v) is 8.06. The number of carboxylic acids is 1. The highest BCUT2D eigenvalue weighted by molar-refractivity contribution is 5.71. The second kappa shape index (κ2) is 4.36. The number of halogens is 3. The Morgan fingerprint density at radius 2 is 2.12 bits per heavy atom. The van der Waals surface area contributed by atoms with Crippen molar-refractivity contribution in [1.29, 1.82) is 0 Å². The topological polar surface area (TPSA) is 93.3 Å². The quantitative estimate of drug-likeness (QED) is 0.650. The van der Waals surface area contributed by atoms with Gasteiger partial charge < -0.3 is 5.11 Å². The van der Waals surface area contributed by atoms with E-state index in [1.54, 1.807) is 0 Å². The molecule has 0 unspecified atom stereocenters. The summed E-state index contributed by atoms with van der Waals surface area (Å²) in [6.07, 6.45) is -5.21. The number of nitro groups is 1. The predicted octanol–water partition coefficient (Wildman–Crippen LogP) is 1.64. The fourth-order valence-corrected chi connectivity index (χ4v) is 1.07. The van der Waals surface area contributed by atoms with E-state index < -0.39 is 40.4 Å². The van der Waals surface area contributed by atoms with Crippen LogP contribution in [0.15, 0.2) is 12.3 Å². The number of carbonyl (C=O) groups is 1. The van der Waals surface area contributed by atoms with Gasteiger partial charge in [0.25, 0.3) is 5.69 Å². The van der Waals surface area contributed by atoms with Crippen molar-refractivity contribution in [3.63, 3.8) is 0 Å². The van der Waals surface area contributed by atoms with Gasteiger partial charge in [-0.05, 0) is 0 Å². The molecule has 0 aliphatic heterocycles. The minimum Gasteiger partial charge on any atom is -0.481 e. The highest BCUT2D eigenvalue weighted by atomic mass is 19.4. The summed E-state index contributed by atoms with van der Waals surface area (Å²) in [5.74, 6) is -1.42. The molecule has 0 aliphatic rings. The van der Waals surface area contributed by atoms with Crippen molar-refractivity contribution >= 4 is 11.7 Å². The number of hydrogen-bond acceptors (Lipinski definition) is 4. The maximum atomic E-state index is 12.2. The maximum absolute atomic E-state index is 12.2. The maximum Gasteiger partial charge on any atom is 0.418 e. The summed E-state index contributed by atoms with van der Waals surface area (Å²) in [5.41, 5.74) is -2.77. The van der Waals surface area contributed by atoms with E-state index in [0.717, 1.165) is 0 Å². The number of pyridine rings is 1. The van der Waals surface area contributed by atoms with Crippen LogP contribution in [0, 0.1) is 10.1 Å². The molecule has 0 atom stereocenters. The average molecular weight is 250 g/mol. The minimum absolute atomic E-state index is 0.269. The molecule has 1 N–H and O–H groups in total. The third kappa shape index (κ3) is 3.13. The molecule has 1 aromatic rings. The van der Waals surface area contributed by atoms with Gasteiger partial charge in [0.2, 0.25) is 0 Å². The molecule has 1 rings (SSSR count). The van der Waals surface area contributed by atoms with Crippen LogP contribution < -0.4 is 0 Å². The summed E-state index contributed by atoms with van der Waals surface area (Å²) >= 11 is 0. The Bertz CT molecular complexity index is 472. The number of aliphatic carboxylic acids is 1. The van der Waals surface area contributed by atoms with Crippen LogP contribution in [0.4, 0.5) is 18.9 Å². The van der Waals surface area contributed by atoms with E-state index in [1.807, 2.05) is 0 Å². The first-order valence-corrected chi connectivity index (χ1v) is 4.14. The molecule has 0 saturated carbocycles. The van der Waals surface area contributed by atoms with E-state index in [-0.39, 0.29) is 6.07 Å². The number of carboxylic acid groups (broad SMARTS) is 1. The van der Waals surface area contributed by atoms with Crippen molar-refractivity contribution < 1.29 is 28.0 Å². The molecule has 1 aromatic heterocycles. The number of alkyl halides is 3. The summed E-state index contributed by atoms with van der Waals surface area (Å²) < 4.78 is 36.7. The first kappa shape index (κ1) is 12.9. The van der Waals surface area contributed by atoms with Crippen molar-refractivity contribution in [3.8, 4) is 0 Å². The zero-order valence-electron chi connectivity index (χ0n) is 8.06. The van der Waals surface area contributed by atoms with E-state index >= 15 is 0 Å². The summed E-state index contributed by atoms with van der Waals surface area (Å²) in [5, 5.41) is 18.9. The number of rotatable bonds is 3. The largest absolute Gasteiger partial charge is 0.481 e. The molecule has 9 heteroatoms. The minimum atomic E-state index is -4.76. The van der Waals surface area contributed by atoms with Crippen LogP contribution in [-0.2, 0) is 17.4 Å². The number of hydrogen-bond donors (Lipinski definition) is 1. The van der Waals surface area contributed by atoms with Gasteiger partial charge in [0, 0.05) is 12.3 Å². The second-order valence-electron chi connectivity index (χ2n) is 3.02. The molecule has 0 spiro atoms. The van der Waals surface area contributed by atoms with Gasteiger partial charge >= 0.3 is 12.1 Å². The lowest BCUT2D eigenvalue weighted by atomic mass is 10.2. The van der Waals surface area contributed by atoms with Crippen molar-refractivity contribution in [2.75, 3.05) is 0 Å². The summed E-state index contributed by atoms with van der Waals surface area (Å²) in [7, 11) is 0.